The largest absolute Gasteiger partial charge is 0.377 e. The molecule has 0 amide bonds. The van der Waals surface area contributed by atoms with E-state index in [2.05, 4.69) is 5.32 Å². The molecule has 1 atom stereocenters. The Morgan fingerprint density at radius 1 is 1.31 bits per heavy atom. The summed E-state index contributed by atoms with van der Waals surface area (Å²) in [7, 11) is 0. The predicted octanol–water partition coefficient (Wildman–Crippen LogP) is 1.77. The van der Waals surface area contributed by atoms with Crippen LogP contribution in [0, 0.1) is 5.92 Å². The third kappa shape index (κ3) is 2.83. The van der Waals surface area contributed by atoms with Gasteiger partial charge in [0, 0.05) is 18.5 Å². The molecule has 2 fully saturated rings. The van der Waals surface area contributed by atoms with Gasteiger partial charge in [-0.05, 0) is 38.1 Å². The van der Waals surface area contributed by atoms with Crippen molar-refractivity contribution in [2.45, 2.75) is 37.2 Å². The fourth-order valence-electron chi connectivity index (χ4n) is 2.07. The van der Waals surface area contributed by atoms with Gasteiger partial charge in [-0.3, -0.25) is 0 Å². The maximum atomic E-state index is 5.90. The fourth-order valence-corrected chi connectivity index (χ4v) is 2.58. The minimum Gasteiger partial charge on any atom is -0.377 e. The molecule has 1 heterocycles. The normalized spacial score (nSPS) is 39.0. The Morgan fingerprint density at radius 2 is 2.15 bits per heavy atom. The number of halogens is 1. The SMILES string of the molecule is ClC1CC(CNCC2CCCO2)C1. The summed E-state index contributed by atoms with van der Waals surface area (Å²) in [6.07, 6.45) is 5.34. The summed E-state index contributed by atoms with van der Waals surface area (Å²) in [5, 5.41) is 3.92. The molecular formula is C10H18ClNO. The highest BCUT2D eigenvalue weighted by molar-refractivity contribution is 6.21. The topological polar surface area (TPSA) is 21.3 Å². The van der Waals surface area contributed by atoms with E-state index >= 15 is 0 Å². The van der Waals surface area contributed by atoms with Gasteiger partial charge in [0.1, 0.15) is 0 Å². The molecule has 0 aromatic heterocycles. The summed E-state index contributed by atoms with van der Waals surface area (Å²) >= 11 is 5.90. The Hall–Kier alpha value is 0.210. The lowest BCUT2D eigenvalue weighted by Crippen LogP contribution is -2.36. The summed E-state index contributed by atoms with van der Waals surface area (Å²) in [4.78, 5) is 0. The van der Waals surface area contributed by atoms with Crippen LogP contribution in [-0.2, 0) is 4.74 Å². The zero-order chi connectivity index (χ0) is 9.10. The Bertz CT molecular complexity index is 153. The molecule has 1 saturated carbocycles. The monoisotopic (exact) mass is 203 g/mol. The standard InChI is InChI=1S/C10H18ClNO/c11-9-4-8(5-9)6-12-7-10-2-1-3-13-10/h8-10,12H,1-7H2. The molecule has 0 bridgehead atoms. The van der Waals surface area contributed by atoms with Crippen LogP contribution in [0.1, 0.15) is 25.7 Å². The molecule has 0 aromatic carbocycles. The van der Waals surface area contributed by atoms with Crippen LogP contribution in [0.4, 0.5) is 0 Å². The number of rotatable bonds is 4. The van der Waals surface area contributed by atoms with E-state index in [1.165, 1.54) is 25.7 Å². The summed E-state index contributed by atoms with van der Waals surface area (Å²) in [5.74, 6) is 0.823. The second-order valence-corrected chi connectivity index (χ2v) is 4.85. The highest BCUT2D eigenvalue weighted by Crippen LogP contribution is 2.31. The maximum absolute atomic E-state index is 5.90. The minimum atomic E-state index is 0.453. The van der Waals surface area contributed by atoms with Gasteiger partial charge >= 0.3 is 0 Å². The average Bonchev–Trinajstić information content (AvgIpc) is 2.53. The van der Waals surface area contributed by atoms with Crippen molar-refractivity contribution in [3.63, 3.8) is 0 Å². The molecular weight excluding hydrogens is 186 g/mol. The molecule has 1 unspecified atom stereocenters. The first-order chi connectivity index (χ1) is 6.34. The molecule has 1 saturated heterocycles. The van der Waals surface area contributed by atoms with E-state index < -0.39 is 0 Å². The number of hydrogen-bond donors (Lipinski definition) is 1. The highest BCUT2D eigenvalue weighted by Gasteiger charge is 2.26. The zero-order valence-electron chi connectivity index (χ0n) is 7.97. The number of ether oxygens (including phenoxy) is 1. The Morgan fingerprint density at radius 3 is 2.77 bits per heavy atom. The van der Waals surface area contributed by atoms with Crippen molar-refractivity contribution < 1.29 is 4.74 Å². The molecule has 1 aliphatic carbocycles. The van der Waals surface area contributed by atoms with Crippen molar-refractivity contribution in [1.29, 1.82) is 0 Å². The lowest BCUT2D eigenvalue weighted by atomic mass is 9.85. The Balaban J connectivity index is 1.49. The zero-order valence-corrected chi connectivity index (χ0v) is 8.72. The molecule has 0 spiro atoms. The molecule has 3 heteroatoms. The summed E-state index contributed by atoms with van der Waals surface area (Å²) in [6.45, 7) is 3.12. The number of hydrogen-bond acceptors (Lipinski definition) is 2. The molecule has 0 radical (unpaired) electrons. The van der Waals surface area contributed by atoms with E-state index in [9.17, 15) is 0 Å². The van der Waals surface area contributed by atoms with E-state index in [-0.39, 0.29) is 0 Å². The van der Waals surface area contributed by atoms with Crippen LogP contribution in [0.2, 0.25) is 0 Å². The third-order valence-corrected chi connectivity index (χ3v) is 3.36. The quantitative estimate of drug-likeness (QED) is 0.704. The first kappa shape index (κ1) is 9.75. The minimum absolute atomic E-state index is 0.453. The van der Waals surface area contributed by atoms with Crippen LogP contribution in [0.3, 0.4) is 0 Å². The number of nitrogens with one attached hydrogen (secondary N) is 1. The Kier molecular flexibility index (Phi) is 3.47. The van der Waals surface area contributed by atoms with E-state index in [1.807, 2.05) is 0 Å². The van der Waals surface area contributed by atoms with E-state index in [0.717, 1.165) is 25.6 Å². The first-order valence-corrected chi connectivity index (χ1v) is 5.74. The second-order valence-electron chi connectivity index (χ2n) is 4.23. The average molecular weight is 204 g/mol. The first-order valence-electron chi connectivity index (χ1n) is 5.31. The van der Waals surface area contributed by atoms with Gasteiger partial charge in [0.15, 0.2) is 0 Å². The van der Waals surface area contributed by atoms with Crippen molar-refractivity contribution in [2.24, 2.45) is 5.92 Å². The molecule has 13 heavy (non-hydrogen) atoms. The van der Waals surface area contributed by atoms with Crippen LogP contribution in [-0.4, -0.2) is 31.2 Å². The Labute approximate surface area is 85.0 Å². The lowest BCUT2D eigenvalue weighted by Gasteiger charge is -2.31. The van der Waals surface area contributed by atoms with Crippen molar-refractivity contribution in [3.8, 4) is 0 Å². The van der Waals surface area contributed by atoms with Gasteiger partial charge in [0.2, 0.25) is 0 Å². The summed E-state index contributed by atoms with van der Waals surface area (Å²) < 4.78 is 5.52. The van der Waals surface area contributed by atoms with Gasteiger partial charge < -0.3 is 10.1 Å². The van der Waals surface area contributed by atoms with Crippen molar-refractivity contribution in [3.05, 3.63) is 0 Å². The van der Waals surface area contributed by atoms with Gasteiger partial charge in [-0.25, -0.2) is 0 Å². The van der Waals surface area contributed by atoms with Crippen LogP contribution in [0.15, 0.2) is 0 Å². The molecule has 2 rings (SSSR count). The van der Waals surface area contributed by atoms with Crippen molar-refractivity contribution >= 4 is 11.6 Å². The molecule has 2 aliphatic rings. The number of alkyl halides is 1. The fraction of sp³-hybridized carbons (Fsp3) is 1.00. The van der Waals surface area contributed by atoms with Gasteiger partial charge in [0.25, 0.3) is 0 Å². The van der Waals surface area contributed by atoms with Crippen molar-refractivity contribution in [2.75, 3.05) is 19.7 Å². The third-order valence-electron chi connectivity index (χ3n) is 3.01. The van der Waals surface area contributed by atoms with Gasteiger partial charge in [-0.15, -0.1) is 11.6 Å². The second kappa shape index (κ2) is 4.63. The molecule has 0 aromatic rings. The van der Waals surface area contributed by atoms with Crippen LogP contribution < -0.4 is 5.32 Å². The van der Waals surface area contributed by atoms with Gasteiger partial charge in [-0.2, -0.15) is 0 Å². The van der Waals surface area contributed by atoms with Crippen LogP contribution >= 0.6 is 11.6 Å². The molecule has 1 aliphatic heterocycles. The van der Waals surface area contributed by atoms with Gasteiger partial charge in [0.05, 0.1) is 6.10 Å². The highest BCUT2D eigenvalue weighted by atomic mass is 35.5. The van der Waals surface area contributed by atoms with E-state index in [4.69, 9.17) is 16.3 Å². The van der Waals surface area contributed by atoms with Crippen LogP contribution in [0.25, 0.3) is 0 Å². The molecule has 76 valence electrons. The summed E-state index contributed by atoms with van der Waals surface area (Å²) in [5.41, 5.74) is 0. The van der Waals surface area contributed by atoms with Crippen molar-refractivity contribution in [1.82, 2.24) is 5.32 Å². The maximum Gasteiger partial charge on any atom is 0.0700 e. The molecule has 1 N–H and O–H groups in total. The van der Waals surface area contributed by atoms with E-state index in [0.29, 0.717) is 11.5 Å². The molecule has 2 nitrogen and oxygen atoms in total. The smallest absolute Gasteiger partial charge is 0.0700 e. The summed E-state index contributed by atoms with van der Waals surface area (Å²) in [6, 6.07) is 0. The van der Waals surface area contributed by atoms with Gasteiger partial charge in [-0.1, -0.05) is 0 Å². The predicted molar refractivity (Wildman–Crippen MR) is 54.2 cm³/mol. The van der Waals surface area contributed by atoms with Crippen LogP contribution in [0.5, 0.6) is 0 Å². The van der Waals surface area contributed by atoms with E-state index in [1.54, 1.807) is 0 Å². The lowest BCUT2D eigenvalue weighted by molar-refractivity contribution is 0.108.